The number of nitrogens with two attached hydrogens (primary N) is 1. The third-order valence-electron chi connectivity index (χ3n) is 1.16. The van der Waals surface area contributed by atoms with Crippen molar-refractivity contribution in [3.8, 4) is 0 Å². The van der Waals surface area contributed by atoms with Gasteiger partial charge in [0.2, 0.25) is 0 Å². The van der Waals surface area contributed by atoms with Gasteiger partial charge in [0.25, 0.3) is 0 Å². The Labute approximate surface area is 72.1 Å². The lowest BCUT2D eigenvalue weighted by Gasteiger charge is -2.07. The van der Waals surface area contributed by atoms with E-state index < -0.39 is 6.10 Å². The summed E-state index contributed by atoms with van der Waals surface area (Å²) in [6.45, 7) is 1.77. The van der Waals surface area contributed by atoms with Gasteiger partial charge < -0.3 is 25.4 Å². The molecule has 0 aromatic rings. The summed E-state index contributed by atoms with van der Waals surface area (Å²) in [5.74, 6) is 0. The summed E-state index contributed by atoms with van der Waals surface area (Å²) in [5, 5.41) is 17.2. The Kier molecular flexibility index (Phi) is 8.74. The number of ether oxygens (including phenoxy) is 2. The van der Waals surface area contributed by atoms with Crippen LogP contribution in [0.25, 0.3) is 0 Å². The van der Waals surface area contributed by atoms with E-state index in [-0.39, 0.29) is 13.2 Å². The highest BCUT2D eigenvalue weighted by atomic mass is 16.5. The first-order valence-corrected chi connectivity index (χ1v) is 3.95. The summed E-state index contributed by atoms with van der Waals surface area (Å²) in [7, 11) is 0. The topological polar surface area (TPSA) is 84.9 Å². The summed E-state index contributed by atoms with van der Waals surface area (Å²) >= 11 is 0. The SMILES string of the molecule is NCCOCCOCC(O)CO. The van der Waals surface area contributed by atoms with E-state index in [0.717, 1.165) is 0 Å². The lowest BCUT2D eigenvalue weighted by atomic mass is 10.4. The Balaban J connectivity index is 2.90. The molecule has 5 nitrogen and oxygen atoms in total. The average Bonchev–Trinajstić information content (AvgIpc) is 2.10. The van der Waals surface area contributed by atoms with Gasteiger partial charge in [0.05, 0.1) is 33.0 Å². The molecule has 0 bridgehead atoms. The first-order valence-electron chi connectivity index (χ1n) is 3.95. The number of aliphatic hydroxyl groups is 2. The largest absolute Gasteiger partial charge is 0.394 e. The van der Waals surface area contributed by atoms with Crippen molar-refractivity contribution in [1.29, 1.82) is 0 Å². The van der Waals surface area contributed by atoms with Gasteiger partial charge in [0.1, 0.15) is 6.10 Å². The van der Waals surface area contributed by atoms with Crippen LogP contribution in [0, 0.1) is 0 Å². The van der Waals surface area contributed by atoms with E-state index in [1.54, 1.807) is 0 Å². The zero-order chi connectivity index (χ0) is 9.23. The van der Waals surface area contributed by atoms with E-state index in [4.69, 9.17) is 25.4 Å². The Bertz CT molecular complexity index is 91.5. The molecular formula is C7H17NO4. The van der Waals surface area contributed by atoms with Gasteiger partial charge >= 0.3 is 0 Å². The Morgan fingerprint density at radius 1 is 1.17 bits per heavy atom. The minimum absolute atomic E-state index is 0.141. The molecule has 0 saturated carbocycles. The molecule has 12 heavy (non-hydrogen) atoms. The fourth-order valence-corrected chi connectivity index (χ4v) is 0.575. The van der Waals surface area contributed by atoms with Gasteiger partial charge in [-0.15, -0.1) is 0 Å². The molecule has 1 unspecified atom stereocenters. The molecule has 0 spiro atoms. The fraction of sp³-hybridized carbons (Fsp3) is 1.00. The summed E-state index contributed by atoms with van der Waals surface area (Å²) in [6.07, 6.45) is -0.792. The first-order chi connectivity index (χ1) is 5.81. The molecule has 1 atom stereocenters. The van der Waals surface area contributed by atoms with Crippen molar-refractivity contribution in [2.75, 3.05) is 39.6 Å². The Morgan fingerprint density at radius 2 is 1.83 bits per heavy atom. The van der Waals surface area contributed by atoms with E-state index in [9.17, 15) is 0 Å². The van der Waals surface area contributed by atoms with Gasteiger partial charge in [-0.25, -0.2) is 0 Å². The minimum atomic E-state index is -0.792. The fourth-order valence-electron chi connectivity index (χ4n) is 0.575. The van der Waals surface area contributed by atoms with E-state index >= 15 is 0 Å². The van der Waals surface area contributed by atoms with Gasteiger partial charge in [0, 0.05) is 6.54 Å². The van der Waals surface area contributed by atoms with Crippen LogP contribution >= 0.6 is 0 Å². The lowest BCUT2D eigenvalue weighted by molar-refractivity contribution is -0.0139. The number of hydrogen-bond donors (Lipinski definition) is 3. The van der Waals surface area contributed by atoms with E-state index in [1.807, 2.05) is 0 Å². The summed E-state index contributed by atoms with van der Waals surface area (Å²) in [4.78, 5) is 0. The summed E-state index contributed by atoms with van der Waals surface area (Å²) < 4.78 is 9.96. The predicted molar refractivity (Wildman–Crippen MR) is 43.8 cm³/mol. The third kappa shape index (κ3) is 7.90. The van der Waals surface area contributed by atoms with Crippen LogP contribution < -0.4 is 5.73 Å². The highest BCUT2D eigenvalue weighted by Gasteiger charge is 2.00. The third-order valence-corrected chi connectivity index (χ3v) is 1.16. The zero-order valence-electron chi connectivity index (χ0n) is 7.11. The highest BCUT2D eigenvalue weighted by molar-refractivity contribution is 4.48. The van der Waals surface area contributed by atoms with Crippen LogP contribution in [0.15, 0.2) is 0 Å². The molecule has 0 heterocycles. The molecule has 0 amide bonds. The quantitative estimate of drug-likeness (QED) is 0.388. The molecule has 5 heteroatoms. The van der Waals surface area contributed by atoms with Crippen molar-refractivity contribution in [1.82, 2.24) is 0 Å². The van der Waals surface area contributed by atoms with E-state index in [2.05, 4.69) is 0 Å². The van der Waals surface area contributed by atoms with Gasteiger partial charge in [0.15, 0.2) is 0 Å². The van der Waals surface area contributed by atoms with Crippen LogP contribution in [0.5, 0.6) is 0 Å². The summed E-state index contributed by atoms with van der Waals surface area (Å²) in [5.41, 5.74) is 5.17. The first kappa shape index (κ1) is 11.8. The maximum Gasteiger partial charge on any atom is 0.100 e. The monoisotopic (exact) mass is 179 g/mol. The van der Waals surface area contributed by atoms with Crippen LogP contribution in [0.3, 0.4) is 0 Å². The molecule has 0 aliphatic heterocycles. The second-order valence-electron chi connectivity index (χ2n) is 2.31. The van der Waals surface area contributed by atoms with Gasteiger partial charge in [-0.05, 0) is 0 Å². The second-order valence-corrected chi connectivity index (χ2v) is 2.31. The molecule has 0 aliphatic carbocycles. The van der Waals surface area contributed by atoms with Crippen molar-refractivity contribution >= 4 is 0 Å². The van der Waals surface area contributed by atoms with Crippen molar-refractivity contribution in [3.05, 3.63) is 0 Å². The standard InChI is InChI=1S/C7H17NO4/c8-1-2-11-3-4-12-6-7(10)5-9/h7,9-10H,1-6,8H2. The maximum atomic E-state index is 8.82. The Morgan fingerprint density at radius 3 is 2.42 bits per heavy atom. The minimum Gasteiger partial charge on any atom is -0.394 e. The van der Waals surface area contributed by atoms with Gasteiger partial charge in [-0.2, -0.15) is 0 Å². The Hall–Kier alpha value is -0.200. The molecule has 0 aliphatic rings. The molecule has 0 aromatic carbocycles. The number of aliphatic hydroxyl groups excluding tert-OH is 2. The highest BCUT2D eigenvalue weighted by Crippen LogP contribution is 1.83. The second kappa shape index (κ2) is 8.89. The van der Waals surface area contributed by atoms with Crippen LogP contribution in [0.1, 0.15) is 0 Å². The van der Waals surface area contributed by atoms with Crippen molar-refractivity contribution < 1.29 is 19.7 Å². The molecular weight excluding hydrogens is 162 g/mol. The van der Waals surface area contributed by atoms with Crippen LogP contribution in [0.2, 0.25) is 0 Å². The van der Waals surface area contributed by atoms with Crippen LogP contribution in [0.4, 0.5) is 0 Å². The molecule has 4 N–H and O–H groups in total. The zero-order valence-corrected chi connectivity index (χ0v) is 7.11. The van der Waals surface area contributed by atoms with Gasteiger partial charge in [-0.1, -0.05) is 0 Å². The van der Waals surface area contributed by atoms with Crippen molar-refractivity contribution in [3.63, 3.8) is 0 Å². The smallest absolute Gasteiger partial charge is 0.100 e. The molecule has 0 aromatic heterocycles. The summed E-state index contributed by atoms with van der Waals surface area (Å²) in [6, 6.07) is 0. The molecule has 0 fully saturated rings. The molecule has 0 rings (SSSR count). The van der Waals surface area contributed by atoms with Crippen LogP contribution in [-0.2, 0) is 9.47 Å². The number of hydrogen-bond acceptors (Lipinski definition) is 5. The average molecular weight is 179 g/mol. The van der Waals surface area contributed by atoms with E-state index in [1.165, 1.54) is 0 Å². The normalized spacial score (nSPS) is 13.2. The maximum absolute atomic E-state index is 8.82. The van der Waals surface area contributed by atoms with E-state index in [0.29, 0.717) is 26.4 Å². The molecule has 0 saturated heterocycles. The van der Waals surface area contributed by atoms with Crippen molar-refractivity contribution in [2.45, 2.75) is 6.10 Å². The molecule has 0 radical (unpaired) electrons. The van der Waals surface area contributed by atoms with Crippen LogP contribution in [-0.4, -0.2) is 55.9 Å². The van der Waals surface area contributed by atoms with Crippen molar-refractivity contribution in [2.24, 2.45) is 5.73 Å². The lowest BCUT2D eigenvalue weighted by Crippen LogP contribution is -2.21. The predicted octanol–water partition coefficient (Wildman–Crippen LogP) is -1.67. The van der Waals surface area contributed by atoms with Gasteiger partial charge in [-0.3, -0.25) is 0 Å². The number of rotatable bonds is 8. The molecule has 74 valence electrons.